The van der Waals surface area contributed by atoms with Crippen LogP contribution in [0.25, 0.3) is 0 Å². The van der Waals surface area contributed by atoms with Crippen LogP contribution in [0.5, 0.6) is 0 Å². The van der Waals surface area contributed by atoms with E-state index in [0.717, 1.165) is 0 Å². The zero-order valence-electron chi connectivity index (χ0n) is 8.99. The van der Waals surface area contributed by atoms with Crippen LogP contribution in [-0.2, 0) is 4.79 Å². The molecule has 0 aromatic rings. The van der Waals surface area contributed by atoms with E-state index in [0.29, 0.717) is 6.54 Å². The Kier molecular flexibility index (Phi) is 3.88. The number of halogens is 1. The number of nitrogens with zero attached hydrogens (tertiary/aromatic N) is 2. The zero-order chi connectivity index (χ0) is 11.4. The SMILES string of the molecule is CCN(C)C(=O)CNC(=O)N1CC(F)C1. The zero-order valence-corrected chi connectivity index (χ0v) is 8.99. The predicted molar refractivity (Wildman–Crippen MR) is 53.2 cm³/mol. The fourth-order valence-corrected chi connectivity index (χ4v) is 1.16. The van der Waals surface area contributed by atoms with Gasteiger partial charge >= 0.3 is 6.03 Å². The number of amides is 3. The third-order valence-corrected chi connectivity index (χ3v) is 2.42. The van der Waals surface area contributed by atoms with Crippen molar-refractivity contribution in [3.8, 4) is 0 Å². The van der Waals surface area contributed by atoms with Gasteiger partial charge in [0.05, 0.1) is 19.6 Å². The first kappa shape index (κ1) is 11.7. The molecule has 0 atom stereocenters. The van der Waals surface area contributed by atoms with Gasteiger partial charge in [-0.15, -0.1) is 0 Å². The molecule has 0 saturated carbocycles. The molecule has 5 nitrogen and oxygen atoms in total. The minimum Gasteiger partial charge on any atom is -0.345 e. The predicted octanol–water partition coefficient (Wildman–Crippen LogP) is -0.172. The van der Waals surface area contributed by atoms with Gasteiger partial charge in [-0.3, -0.25) is 4.79 Å². The van der Waals surface area contributed by atoms with Gasteiger partial charge in [-0.1, -0.05) is 0 Å². The lowest BCUT2D eigenvalue weighted by molar-refractivity contribution is -0.128. The maximum absolute atomic E-state index is 12.4. The highest BCUT2D eigenvalue weighted by molar-refractivity contribution is 5.84. The molecular formula is C9H16FN3O2. The fourth-order valence-electron chi connectivity index (χ4n) is 1.16. The molecule has 1 aliphatic heterocycles. The largest absolute Gasteiger partial charge is 0.345 e. The smallest absolute Gasteiger partial charge is 0.318 e. The van der Waals surface area contributed by atoms with Gasteiger partial charge in [-0.2, -0.15) is 0 Å². The van der Waals surface area contributed by atoms with E-state index >= 15 is 0 Å². The molecular weight excluding hydrogens is 201 g/mol. The Morgan fingerprint density at radius 2 is 2.13 bits per heavy atom. The van der Waals surface area contributed by atoms with E-state index in [1.165, 1.54) is 9.80 Å². The molecule has 0 unspecified atom stereocenters. The number of carbonyl (C=O) groups is 2. The summed E-state index contributed by atoms with van der Waals surface area (Å²) in [6.45, 7) is 2.68. The number of hydrogen-bond donors (Lipinski definition) is 1. The molecule has 86 valence electrons. The van der Waals surface area contributed by atoms with Crippen LogP contribution in [0.4, 0.5) is 9.18 Å². The highest BCUT2D eigenvalue weighted by Crippen LogP contribution is 2.10. The highest BCUT2D eigenvalue weighted by atomic mass is 19.1. The second-order valence-corrected chi connectivity index (χ2v) is 3.57. The van der Waals surface area contributed by atoms with Gasteiger partial charge < -0.3 is 15.1 Å². The molecule has 0 spiro atoms. The molecule has 0 radical (unpaired) electrons. The van der Waals surface area contributed by atoms with E-state index in [1.807, 2.05) is 6.92 Å². The van der Waals surface area contributed by atoms with Crippen LogP contribution in [0.3, 0.4) is 0 Å². The van der Waals surface area contributed by atoms with Gasteiger partial charge in [0.15, 0.2) is 0 Å². The molecule has 1 saturated heterocycles. The number of likely N-dealkylation sites (N-methyl/N-ethyl adjacent to an activating group) is 1. The van der Waals surface area contributed by atoms with Crippen molar-refractivity contribution in [2.24, 2.45) is 0 Å². The second kappa shape index (κ2) is 4.95. The van der Waals surface area contributed by atoms with Gasteiger partial charge in [0.2, 0.25) is 5.91 Å². The van der Waals surface area contributed by atoms with Crippen molar-refractivity contribution >= 4 is 11.9 Å². The Hall–Kier alpha value is -1.33. The standard InChI is InChI=1S/C9H16FN3O2/c1-3-12(2)8(14)4-11-9(15)13-5-7(10)6-13/h7H,3-6H2,1-2H3,(H,11,15). The number of nitrogens with one attached hydrogen (secondary N) is 1. The van der Waals surface area contributed by atoms with Crippen LogP contribution in [0.15, 0.2) is 0 Å². The van der Waals surface area contributed by atoms with Crippen molar-refractivity contribution < 1.29 is 14.0 Å². The minimum atomic E-state index is -0.912. The number of carbonyl (C=O) groups excluding carboxylic acids is 2. The summed E-state index contributed by atoms with van der Waals surface area (Å²) in [5.41, 5.74) is 0. The summed E-state index contributed by atoms with van der Waals surface area (Å²) in [6.07, 6.45) is -0.912. The number of urea groups is 1. The highest BCUT2D eigenvalue weighted by Gasteiger charge is 2.30. The summed E-state index contributed by atoms with van der Waals surface area (Å²) in [5, 5.41) is 2.45. The van der Waals surface area contributed by atoms with Crippen molar-refractivity contribution in [1.82, 2.24) is 15.1 Å². The van der Waals surface area contributed by atoms with Gasteiger partial charge in [0, 0.05) is 13.6 Å². The average Bonchev–Trinajstić information content (AvgIpc) is 2.19. The van der Waals surface area contributed by atoms with Gasteiger partial charge in [-0.05, 0) is 6.92 Å². The van der Waals surface area contributed by atoms with Crippen LogP contribution >= 0.6 is 0 Å². The Balaban J connectivity index is 2.19. The molecule has 1 fully saturated rings. The van der Waals surface area contributed by atoms with Gasteiger partial charge in [0.25, 0.3) is 0 Å². The summed E-state index contributed by atoms with van der Waals surface area (Å²) >= 11 is 0. The lowest BCUT2D eigenvalue weighted by Crippen LogP contribution is -2.56. The first-order chi connectivity index (χ1) is 7.04. The lowest BCUT2D eigenvalue weighted by Gasteiger charge is -2.34. The van der Waals surface area contributed by atoms with Gasteiger partial charge in [0.1, 0.15) is 6.17 Å². The summed E-state index contributed by atoms with van der Waals surface area (Å²) in [6, 6.07) is -0.373. The maximum Gasteiger partial charge on any atom is 0.318 e. The topological polar surface area (TPSA) is 52.7 Å². The molecule has 1 rings (SSSR count). The van der Waals surface area contributed by atoms with Crippen molar-refractivity contribution in [2.45, 2.75) is 13.1 Å². The first-order valence-electron chi connectivity index (χ1n) is 4.95. The quantitative estimate of drug-likeness (QED) is 0.713. The third-order valence-electron chi connectivity index (χ3n) is 2.42. The molecule has 1 aliphatic rings. The van der Waals surface area contributed by atoms with Crippen LogP contribution in [0, 0.1) is 0 Å². The lowest BCUT2D eigenvalue weighted by atomic mass is 10.2. The summed E-state index contributed by atoms with van der Waals surface area (Å²) in [7, 11) is 1.66. The summed E-state index contributed by atoms with van der Waals surface area (Å²) in [4.78, 5) is 25.4. The molecule has 0 aromatic heterocycles. The molecule has 1 heterocycles. The van der Waals surface area contributed by atoms with Crippen LogP contribution < -0.4 is 5.32 Å². The number of likely N-dealkylation sites (tertiary alicyclic amines) is 1. The summed E-state index contributed by atoms with van der Waals surface area (Å²) in [5.74, 6) is -0.150. The Morgan fingerprint density at radius 3 is 2.60 bits per heavy atom. The number of alkyl halides is 1. The van der Waals surface area contributed by atoms with Crippen LogP contribution in [-0.4, -0.2) is 61.1 Å². The van der Waals surface area contributed by atoms with E-state index in [-0.39, 0.29) is 31.6 Å². The average molecular weight is 217 g/mol. The maximum atomic E-state index is 12.4. The van der Waals surface area contributed by atoms with E-state index in [9.17, 15) is 14.0 Å². The number of rotatable bonds is 3. The van der Waals surface area contributed by atoms with Gasteiger partial charge in [-0.25, -0.2) is 9.18 Å². The van der Waals surface area contributed by atoms with E-state index in [4.69, 9.17) is 0 Å². The summed E-state index contributed by atoms with van der Waals surface area (Å²) < 4.78 is 12.4. The molecule has 3 amide bonds. The van der Waals surface area contributed by atoms with E-state index in [2.05, 4.69) is 5.32 Å². The molecule has 6 heteroatoms. The van der Waals surface area contributed by atoms with Crippen molar-refractivity contribution in [3.63, 3.8) is 0 Å². The third kappa shape index (κ3) is 3.07. The van der Waals surface area contributed by atoms with Crippen LogP contribution in [0.2, 0.25) is 0 Å². The Labute approximate surface area is 88.2 Å². The van der Waals surface area contributed by atoms with E-state index in [1.54, 1.807) is 7.05 Å². The Bertz CT molecular complexity index is 254. The number of hydrogen-bond acceptors (Lipinski definition) is 2. The van der Waals surface area contributed by atoms with Crippen LogP contribution in [0.1, 0.15) is 6.92 Å². The second-order valence-electron chi connectivity index (χ2n) is 3.57. The minimum absolute atomic E-state index is 0.0311. The molecule has 0 bridgehead atoms. The molecule has 0 aliphatic carbocycles. The normalized spacial score (nSPS) is 15.8. The monoisotopic (exact) mass is 217 g/mol. The Morgan fingerprint density at radius 1 is 1.53 bits per heavy atom. The van der Waals surface area contributed by atoms with Crippen molar-refractivity contribution in [3.05, 3.63) is 0 Å². The van der Waals surface area contributed by atoms with Crippen molar-refractivity contribution in [2.75, 3.05) is 33.2 Å². The molecule has 0 aromatic carbocycles. The molecule has 15 heavy (non-hydrogen) atoms. The molecule has 1 N–H and O–H groups in total. The van der Waals surface area contributed by atoms with E-state index < -0.39 is 6.17 Å². The first-order valence-corrected chi connectivity index (χ1v) is 4.95. The fraction of sp³-hybridized carbons (Fsp3) is 0.778. The van der Waals surface area contributed by atoms with Crippen molar-refractivity contribution in [1.29, 1.82) is 0 Å².